The third-order valence-corrected chi connectivity index (χ3v) is 3.89. The minimum absolute atomic E-state index is 0.0860. The summed E-state index contributed by atoms with van der Waals surface area (Å²) in [5, 5.41) is 4.04. The number of halogens is 1. The van der Waals surface area contributed by atoms with Crippen LogP contribution in [0.2, 0.25) is 5.02 Å². The number of esters is 1. The quantitative estimate of drug-likeness (QED) is 0.863. The lowest BCUT2D eigenvalue weighted by atomic mass is 9.76. The van der Waals surface area contributed by atoms with Gasteiger partial charge in [-0.15, -0.1) is 0 Å². The summed E-state index contributed by atoms with van der Waals surface area (Å²) in [6, 6.07) is 7.70. The van der Waals surface area contributed by atoms with Gasteiger partial charge in [-0.25, -0.2) is 0 Å². The van der Waals surface area contributed by atoms with Crippen molar-refractivity contribution in [3.05, 3.63) is 34.9 Å². The van der Waals surface area contributed by atoms with Crippen molar-refractivity contribution in [1.29, 1.82) is 0 Å². The summed E-state index contributed by atoms with van der Waals surface area (Å²) in [4.78, 5) is 12.3. The Morgan fingerprint density at radius 3 is 2.74 bits per heavy atom. The van der Waals surface area contributed by atoms with E-state index in [9.17, 15) is 4.79 Å². The zero-order valence-electron chi connectivity index (χ0n) is 11.2. The number of hydrogen-bond donors (Lipinski definition) is 1. The zero-order chi connectivity index (χ0) is 13.7. The number of rotatable bonds is 4. The van der Waals surface area contributed by atoms with Crippen LogP contribution in [0, 0.1) is 5.41 Å². The number of carbonyl (C=O) groups is 1. The molecule has 0 aromatic heterocycles. The molecule has 1 aromatic carbocycles. The molecule has 0 bridgehead atoms. The summed E-state index contributed by atoms with van der Waals surface area (Å²) >= 11 is 5.90. The van der Waals surface area contributed by atoms with Crippen LogP contribution in [0.15, 0.2) is 24.3 Å². The molecular formula is C15H20ClNO2. The van der Waals surface area contributed by atoms with Gasteiger partial charge in [-0.1, -0.05) is 23.7 Å². The largest absolute Gasteiger partial charge is 0.466 e. The minimum Gasteiger partial charge on any atom is -0.466 e. The van der Waals surface area contributed by atoms with Crippen LogP contribution < -0.4 is 5.32 Å². The summed E-state index contributed by atoms with van der Waals surface area (Å²) in [5.74, 6) is -0.0860. The summed E-state index contributed by atoms with van der Waals surface area (Å²) in [6.45, 7) is 3.95. The fourth-order valence-corrected chi connectivity index (χ4v) is 2.77. The van der Waals surface area contributed by atoms with Crippen molar-refractivity contribution in [3.8, 4) is 0 Å². The van der Waals surface area contributed by atoms with Gasteiger partial charge in [0, 0.05) is 11.6 Å². The highest BCUT2D eigenvalue weighted by Crippen LogP contribution is 2.32. The molecule has 0 aliphatic carbocycles. The SMILES string of the molecule is CCOC(=O)[C@]1(Cc2ccc(Cl)cc2)CCCNC1. The van der Waals surface area contributed by atoms with Crippen LogP contribution in [-0.4, -0.2) is 25.7 Å². The molecule has 1 aromatic rings. The van der Waals surface area contributed by atoms with E-state index < -0.39 is 5.41 Å². The van der Waals surface area contributed by atoms with Crippen molar-refractivity contribution in [3.63, 3.8) is 0 Å². The van der Waals surface area contributed by atoms with Gasteiger partial charge in [-0.05, 0) is 50.4 Å². The van der Waals surface area contributed by atoms with Gasteiger partial charge in [-0.2, -0.15) is 0 Å². The lowest BCUT2D eigenvalue weighted by Crippen LogP contribution is -2.47. The summed E-state index contributed by atoms with van der Waals surface area (Å²) in [7, 11) is 0. The van der Waals surface area contributed by atoms with E-state index in [1.807, 2.05) is 31.2 Å². The molecule has 1 fully saturated rings. The van der Waals surface area contributed by atoms with Gasteiger partial charge in [-0.3, -0.25) is 4.79 Å². The van der Waals surface area contributed by atoms with Crippen molar-refractivity contribution in [2.24, 2.45) is 5.41 Å². The maximum absolute atomic E-state index is 12.3. The molecule has 1 aliphatic heterocycles. The van der Waals surface area contributed by atoms with Gasteiger partial charge in [0.05, 0.1) is 12.0 Å². The second-order valence-electron chi connectivity index (χ2n) is 5.08. The van der Waals surface area contributed by atoms with Gasteiger partial charge in [0.1, 0.15) is 0 Å². The van der Waals surface area contributed by atoms with E-state index in [2.05, 4.69) is 5.32 Å². The molecule has 104 valence electrons. The highest BCUT2D eigenvalue weighted by molar-refractivity contribution is 6.30. The van der Waals surface area contributed by atoms with Crippen molar-refractivity contribution in [2.75, 3.05) is 19.7 Å². The Hall–Kier alpha value is -1.06. The van der Waals surface area contributed by atoms with Gasteiger partial charge < -0.3 is 10.1 Å². The van der Waals surface area contributed by atoms with Gasteiger partial charge in [0.15, 0.2) is 0 Å². The van der Waals surface area contributed by atoms with Crippen LogP contribution in [-0.2, 0) is 16.0 Å². The van der Waals surface area contributed by atoms with E-state index in [1.54, 1.807) is 0 Å². The lowest BCUT2D eigenvalue weighted by molar-refractivity contribution is -0.156. The van der Waals surface area contributed by atoms with E-state index in [0.717, 1.165) is 30.0 Å². The molecule has 1 saturated heterocycles. The maximum atomic E-state index is 12.3. The fraction of sp³-hybridized carbons (Fsp3) is 0.533. The first-order valence-electron chi connectivity index (χ1n) is 6.79. The molecule has 19 heavy (non-hydrogen) atoms. The predicted octanol–water partition coefficient (Wildman–Crippen LogP) is 2.82. The first-order chi connectivity index (χ1) is 9.16. The van der Waals surface area contributed by atoms with Crippen molar-refractivity contribution < 1.29 is 9.53 Å². The Morgan fingerprint density at radius 2 is 2.16 bits per heavy atom. The van der Waals surface area contributed by atoms with Crippen molar-refractivity contribution in [1.82, 2.24) is 5.32 Å². The molecular weight excluding hydrogens is 262 g/mol. The van der Waals surface area contributed by atoms with Gasteiger partial charge in [0.2, 0.25) is 0 Å². The predicted molar refractivity (Wildman–Crippen MR) is 76.3 cm³/mol. The van der Waals surface area contributed by atoms with E-state index in [-0.39, 0.29) is 5.97 Å². The fourth-order valence-electron chi connectivity index (χ4n) is 2.64. The van der Waals surface area contributed by atoms with E-state index in [4.69, 9.17) is 16.3 Å². The van der Waals surface area contributed by atoms with Crippen LogP contribution in [0.1, 0.15) is 25.3 Å². The highest BCUT2D eigenvalue weighted by atomic mass is 35.5. The summed E-state index contributed by atoms with van der Waals surface area (Å²) in [5.41, 5.74) is 0.698. The molecule has 0 unspecified atom stereocenters. The third kappa shape index (κ3) is 3.48. The monoisotopic (exact) mass is 281 g/mol. The molecule has 3 nitrogen and oxygen atoms in total. The third-order valence-electron chi connectivity index (χ3n) is 3.64. The average Bonchev–Trinajstić information content (AvgIpc) is 2.43. The van der Waals surface area contributed by atoms with E-state index in [0.29, 0.717) is 19.6 Å². The summed E-state index contributed by atoms with van der Waals surface area (Å²) in [6.07, 6.45) is 2.59. The highest BCUT2D eigenvalue weighted by Gasteiger charge is 2.40. The normalized spacial score (nSPS) is 23.1. The molecule has 1 atom stereocenters. The lowest BCUT2D eigenvalue weighted by Gasteiger charge is -2.35. The van der Waals surface area contributed by atoms with Crippen LogP contribution in [0.4, 0.5) is 0 Å². The van der Waals surface area contributed by atoms with Crippen LogP contribution in [0.3, 0.4) is 0 Å². The van der Waals surface area contributed by atoms with Crippen molar-refractivity contribution in [2.45, 2.75) is 26.2 Å². The first-order valence-corrected chi connectivity index (χ1v) is 7.16. The zero-order valence-corrected chi connectivity index (χ0v) is 12.0. The molecule has 2 rings (SSSR count). The van der Waals surface area contributed by atoms with Crippen LogP contribution in [0.25, 0.3) is 0 Å². The Bertz CT molecular complexity index is 424. The Balaban J connectivity index is 2.17. The second kappa shape index (κ2) is 6.40. The number of piperidine rings is 1. The molecule has 0 spiro atoms. The number of ether oxygens (including phenoxy) is 1. The standard InChI is InChI=1S/C15H20ClNO2/c1-2-19-14(18)15(8-3-9-17-11-15)10-12-4-6-13(16)7-5-12/h4-7,17H,2-3,8-11H2,1H3/t15-/m0/s1. The second-order valence-corrected chi connectivity index (χ2v) is 5.52. The van der Waals surface area contributed by atoms with Crippen LogP contribution in [0.5, 0.6) is 0 Å². The number of hydrogen-bond acceptors (Lipinski definition) is 3. The molecule has 0 saturated carbocycles. The molecule has 0 amide bonds. The first kappa shape index (κ1) is 14.4. The Labute approximate surface area is 119 Å². The molecule has 1 N–H and O–H groups in total. The Kier molecular flexibility index (Phi) is 4.83. The van der Waals surface area contributed by atoms with Crippen molar-refractivity contribution >= 4 is 17.6 Å². The topological polar surface area (TPSA) is 38.3 Å². The minimum atomic E-state index is -0.428. The van der Waals surface area contributed by atoms with Gasteiger partial charge in [0.25, 0.3) is 0 Å². The molecule has 4 heteroatoms. The summed E-state index contributed by atoms with van der Waals surface area (Å²) < 4.78 is 5.28. The van der Waals surface area contributed by atoms with E-state index >= 15 is 0 Å². The smallest absolute Gasteiger partial charge is 0.313 e. The molecule has 1 heterocycles. The molecule has 0 radical (unpaired) electrons. The number of nitrogens with one attached hydrogen (secondary N) is 1. The number of benzene rings is 1. The van der Waals surface area contributed by atoms with Crippen LogP contribution >= 0.6 is 11.6 Å². The number of carbonyl (C=O) groups excluding carboxylic acids is 1. The Morgan fingerprint density at radius 1 is 1.42 bits per heavy atom. The van der Waals surface area contributed by atoms with Gasteiger partial charge >= 0.3 is 5.97 Å². The van der Waals surface area contributed by atoms with E-state index in [1.165, 1.54) is 0 Å². The maximum Gasteiger partial charge on any atom is 0.313 e. The molecule has 1 aliphatic rings. The average molecular weight is 282 g/mol.